The molecule has 0 spiro atoms. The standard InChI is InChI=1S/C34H20F6N6O2S/c1-16-9-11-18(12-10-16)21-13-24(33(35,36)37)44-32-26(21)27(28(49-32)29(41)47)45-31(48)22-15-42-46-25(34(38,39)40)14-23(43-30(22)46)20-8-4-6-17-5-2-3-7-19(17)20/h2-15H,1H3,(H2,41,47)(H,45,48). The zero-order valence-corrected chi connectivity index (χ0v) is 25.8. The highest BCUT2D eigenvalue weighted by molar-refractivity contribution is 7.21. The van der Waals surface area contributed by atoms with Crippen molar-refractivity contribution in [1.82, 2.24) is 19.6 Å². The van der Waals surface area contributed by atoms with Gasteiger partial charge in [0.15, 0.2) is 11.3 Å². The van der Waals surface area contributed by atoms with Crippen molar-refractivity contribution in [1.29, 1.82) is 0 Å². The molecule has 0 aliphatic carbocycles. The van der Waals surface area contributed by atoms with Gasteiger partial charge in [-0.05, 0) is 41.0 Å². The van der Waals surface area contributed by atoms with Gasteiger partial charge >= 0.3 is 12.4 Å². The summed E-state index contributed by atoms with van der Waals surface area (Å²) in [6, 6.07) is 20.2. The van der Waals surface area contributed by atoms with Crippen LogP contribution >= 0.6 is 11.3 Å². The molecule has 0 bridgehead atoms. The number of nitrogens with two attached hydrogens (primary N) is 1. The van der Waals surface area contributed by atoms with E-state index in [0.717, 1.165) is 29.3 Å². The normalized spacial score (nSPS) is 12.2. The van der Waals surface area contributed by atoms with Gasteiger partial charge in [-0.25, -0.2) is 14.5 Å². The number of primary amides is 1. The van der Waals surface area contributed by atoms with Crippen LogP contribution < -0.4 is 11.1 Å². The number of thiophene rings is 1. The highest BCUT2D eigenvalue weighted by atomic mass is 32.1. The fourth-order valence-corrected chi connectivity index (χ4v) is 6.60. The monoisotopic (exact) mass is 690 g/mol. The number of carbonyl (C=O) groups is 2. The Bertz CT molecular complexity index is 2460. The summed E-state index contributed by atoms with van der Waals surface area (Å²) in [6.45, 7) is 1.79. The van der Waals surface area contributed by atoms with E-state index in [1.165, 1.54) is 0 Å². The summed E-state index contributed by atoms with van der Waals surface area (Å²) in [4.78, 5) is 34.1. The van der Waals surface area contributed by atoms with E-state index < -0.39 is 46.8 Å². The number of hydrogen-bond acceptors (Lipinski definition) is 6. The van der Waals surface area contributed by atoms with Crippen LogP contribution in [0.4, 0.5) is 32.0 Å². The number of fused-ring (bicyclic) bond motifs is 3. The van der Waals surface area contributed by atoms with E-state index in [4.69, 9.17) is 5.73 Å². The molecule has 7 rings (SSSR count). The van der Waals surface area contributed by atoms with Crippen LogP contribution in [0.3, 0.4) is 0 Å². The number of anilines is 1. The summed E-state index contributed by atoms with van der Waals surface area (Å²) in [7, 11) is 0. The molecule has 15 heteroatoms. The molecule has 49 heavy (non-hydrogen) atoms. The van der Waals surface area contributed by atoms with Gasteiger partial charge < -0.3 is 11.1 Å². The van der Waals surface area contributed by atoms with E-state index in [0.29, 0.717) is 32.4 Å². The minimum atomic E-state index is -4.91. The molecule has 7 aromatic rings. The number of halogens is 6. The molecule has 0 radical (unpaired) electrons. The Morgan fingerprint density at radius 3 is 2.27 bits per heavy atom. The molecule has 0 saturated carbocycles. The number of amides is 2. The summed E-state index contributed by atoms with van der Waals surface area (Å²) in [5, 5.41) is 7.67. The number of pyridine rings is 1. The number of nitrogens with zero attached hydrogens (tertiary/aromatic N) is 4. The van der Waals surface area contributed by atoms with Crippen molar-refractivity contribution in [3.8, 4) is 22.4 Å². The molecule has 3 aromatic carbocycles. The van der Waals surface area contributed by atoms with Gasteiger partial charge in [0.05, 0.1) is 17.6 Å². The Kier molecular flexibility index (Phi) is 7.39. The topological polar surface area (TPSA) is 115 Å². The Hall–Kier alpha value is -5.83. The van der Waals surface area contributed by atoms with Crippen LogP contribution in [0, 0.1) is 6.92 Å². The van der Waals surface area contributed by atoms with E-state index in [-0.39, 0.29) is 32.0 Å². The van der Waals surface area contributed by atoms with Crippen molar-refractivity contribution in [3.05, 3.63) is 112 Å². The number of benzene rings is 3. The lowest BCUT2D eigenvalue weighted by Crippen LogP contribution is -2.18. The van der Waals surface area contributed by atoms with Gasteiger partial charge in [0.25, 0.3) is 11.8 Å². The van der Waals surface area contributed by atoms with Gasteiger partial charge in [-0.2, -0.15) is 31.4 Å². The fraction of sp³-hybridized carbons (Fsp3) is 0.0882. The zero-order chi connectivity index (χ0) is 34.8. The van der Waals surface area contributed by atoms with Gasteiger partial charge in [-0.15, -0.1) is 11.3 Å². The molecule has 0 unspecified atom stereocenters. The minimum Gasteiger partial charge on any atom is -0.365 e. The third-order valence-corrected chi connectivity index (χ3v) is 8.95. The molecule has 0 aliphatic rings. The number of rotatable bonds is 5. The number of alkyl halides is 6. The van der Waals surface area contributed by atoms with Crippen LogP contribution in [0.5, 0.6) is 0 Å². The van der Waals surface area contributed by atoms with Gasteiger partial charge in [-0.1, -0.05) is 72.3 Å². The highest BCUT2D eigenvalue weighted by Crippen LogP contribution is 2.44. The largest absolute Gasteiger partial charge is 0.433 e. The number of aromatic nitrogens is 4. The maximum absolute atomic E-state index is 14.4. The minimum absolute atomic E-state index is 0.00744. The first-order chi connectivity index (χ1) is 23.2. The third-order valence-electron chi connectivity index (χ3n) is 7.85. The van der Waals surface area contributed by atoms with Crippen LogP contribution in [0.25, 0.3) is 49.0 Å². The molecule has 4 aromatic heterocycles. The maximum atomic E-state index is 14.4. The average Bonchev–Trinajstić information content (AvgIpc) is 3.65. The van der Waals surface area contributed by atoms with E-state index in [1.54, 1.807) is 73.7 Å². The quantitative estimate of drug-likeness (QED) is 0.176. The molecule has 8 nitrogen and oxygen atoms in total. The molecule has 246 valence electrons. The van der Waals surface area contributed by atoms with Crippen molar-refractivity contribution in [2.75, 3.05) is 5.32 Å². The number of nitrogens with one attached hydrogen (secondary N) is 1. The van der Waals surface area contributed by atoms with Crippen LogP contribution in [-0.4, -0.2) is 31.4 Å². The smallest absolute Gasteiger partial charge is 0.365 e. The van der Waals surface area contributed by atoms with Crippen LogP contribution in [0.1, 0.15) is 37.0 Å². The van der Waals surface area contributed by atoms with E-state index >= 15 is 0 Å². The molecular formula is C34H20F6N6O2S. The van der Waals surface area contributed by atoms with Gasteiger partial charge in [-0.3, -0.25) is 9.59 Å². The number of hydrogen-bond donors (Lipinski definition) is 2. The number of carbonyl (C=O) groups excluding carboxylic acids is 2. The van der Waals surface area contributed by atoms with Crippen molar-refractivity contribution in [2.24, 2.45) is 5.73 Å². The zero-order valence-electron chi connectivity index (χ0n) is 24.9. The average molecular weight is 691 g/mol. The van der Waals surface area contributed by atoms with E-state index in [1.807, 2.05) is 0 Å². The summed E-state index contributed by atoms with van der Waals surface area (Å²) in [5.74, 6) is -2.11. The Morgan fingerprint density at radius 2 is 1.57 bits per heavy atom. The molecule has 3 N–H and O–H groups in total. The fourth-order valence-electron chi connectivity index (χ4n) is 5.59. The summed E-state index contributed by atoms with van der Waals surface area (Å²) < 4.78 is 85.4. The molecule has 4 heterocycles. The Labute approximate surface area is 275 Å². The second-order valence-electron chi connectivity index (χ2n) is 11.1. The SMILES string of the molecule is Cc1ccc(-c2cc(C(F)(F)F)nc3sc(C(N)=O)c(NC(=O)c4cnn5c(C(F)(F)F)cc(-c6cccc7ccccc67)nc45)c23)cc1. The Morgan fingerprint density at radius 1 is 0.857 bits per heavy atom. The van der Waals surface area contributed by atoms with Crippen LogP contribution in [0.2, 0.25) is 0 Å². The molecule has 0 atom stereocenters. The second-order valence-corrected chi connectivity index (χ2v) is 12.1. The molecular weight excluding hydrogens is 670 g/mol. The van der Waals surface area contributed by atoms with Gasteiger partial charge in [0.1, 0.15) is 21.0 Å². The molecule has 0 aliphatic heterocycles. The maximum Gasteiger partial charge on any atom is 0.433 e. The van der Waals surface area contributed by atoms with Crippen molar-refractivity contribution >= 4 is 55.5 Å². The summed E-state index contributed by atoms with van der Waals surface area (Å²) in [5.41, 5.74) is 3.47. The number of aryl methyl sites for hydroxylation is 1. The lowest BCUT2D eigenvalue weighted by atomic mass is 10.00. The predicted octanol–water partition coefficient (Wildman–Crippen LogP) is 8.52. The molecule has 0 saturated heterocycles. The lowest BCUT2D eigenvalue weighted by Gasteiger charge is -2.13. The van der Waals surface area contributed by atoms with Crippen molar-refractivity contribution < 1.29 is 35.9 Å². The van der Waals surface area contributed by atoms with E-state index in [9.17, 15) is 35.9 Å². The van der Waals surface area contributed by atoms with Crippen molar-refractivity contribution in [3.63, 3.8) is 0 Å². The third kappa shape index (κ3) is 5.61. The van der Waals surface area contributed by atoms with Crippen molar-refractivity contribution in [2.45, 2.75) is 19.3 Å². The summed E-state index contributed by atoms with van der Waals surface area (Å²) >= 11 is 0.538. The molecule has 0 fully saturated rings. The Balaban J connectivity index is 1.42. The first kappa shape index (κ1) is 31.8. The van der Waals surface area contributed by atoms with Crippen LogP contribution in [0.15, 0.2) is 85.1 Å². The second kappa shape index (κ2) is 11.4. The highest BCUT2D eigenvalue weighted by Gasteiger charge is 2.37. The van der Waals surface area contributed by atoms with E-state index in [2.05, 4.69) is 20.4 Å². The summed E-state index contributed by atoms with van der Waals surface area (Å²) in [6.07, 6.45) is -8.87. The lowest BCUT2D eigenvalue weighted by molar-refractivity contribution is -0.143. The van der Waals surface area contributed by atoms with Gasteiger partial charge in [0, 0.05) is 10.9 Å². The predicted molar refractivity (Wildman–Crippen MR) is 172 cm³/mol. The molecule has 2 amide bonds. The first-order valence-electron chi connectivity index (χ1n) is 14.4. The first-order valence-corrected chi connectivity index (χ1v) is 15.2. The van der Waals surface area contributed by atoms with Crippen LogP contribution in [-0.2, 0) is 12.4 Å². The van der Waals surface area contributed by atoms with Gasteiger partial charge in [0.2, 0.25) is 0 Å².